The highest BCUT2D eigenvalue weighted by Crippen LogP contribution is 2.05. The predicted octanol–water partition coefficient (Wildman–Crippen LogP) is 3.73. The van der Waals surface area contributed by atoms with E-state index in [2.05, 4.69) is 13.2 Å². The molecule has 0 fully saturated rings. The van der Waals surface area contributed by atoms with Gasteiger partial charge in [-0.25, -0.2) is 0 Å². The van der Waals surface area contributed by atoms with Crippen LogP contribution in [0.5, 0.6) is 0 Å². The van der Waals surface area contributed by atoms with Crippen LogP contribution in [0, 0.1) is 0 Å². The van der Waals surface area contributed by atoms with Crippen molar-refractivity contribution in [2.45, 2.75) is 38.5 Å². The van der Waals surface area contributed by atoms with E-state index in [0.29, 0.717) is 13.2 Å². The molecule has 0 heterocycles. The summed E-state index contributed by atoms with van der Waals surface area (Å²) in [5.74, 6) is 0. The van der Waals surface area contributed by atoms with Crippen molar-refractivity contribution in [2.75, 3.05) is 26.4 Å². The zero-order valence-corrected chi connectivity index (χ0v) is 10.5. The first-order chi connectivity index (χ1) is 7.91. The second-order valence-electron chi connectivity index (χ2n) is 3.85. The largest absolute Gasteiger partial charge is 0.377 e. The second kappa shape index (κ2) is 14.4. The van der Waals surface area contributed by atoms with Crippen molar-refractivity contribution in [3.63, 3.8) is 0 Å². The van der Waals surface area contributed by atoms with Crippen molar-refractivity contribution in [3.05, 3.63) is 25.3 Å². The van der Waals surface area contributed by atoms with Crippen LogP contribution in [0.25, 0.3) is 0 Å². The fourth-order valence-electron chi connectivity index (χ4n) is 1.45. The molecule has 0 N–H and O–H groups in total. The van der Waals surface area contributed by atoms with E-state index < -0.39 is 0 Å². The molecule has 0 atom stereocenters. The van der Waals surface area contributed by atoms with Crippen LogP contribution in [0.2, 0.25) is 0 Å². The maximum atomic E-state index is 5.31. The summed E-state index contributed by atoms with van der Waals surface area (Å²) in [6.45, 7) is 10.3. The number of ether oxygens (including phenoxy) is 2. The topological polar surface area (TPSA) is 18.5 Å². The highest BCUT2D eigenvalue weighted by atomic mass is 16.5. The average molecular weight is 226 g/mol. The molecular formula is C14H26O2. The molecule has 0 aromatic heterocycles. The average Bonchev–Trinajstić information content (AvgIpc) is 2.31. The summed E-state index contributed by atoms with van der Waals surface area (Å²) >= 11 is 0. The highest BCUT2D eigenvalue weighted by Gasteiger charge is 1.92. The number of unbranched alkanes of at least 4 members (excludes halogenated alkanes) is 5. The van der Waals surface area contributed by atoms with E-state index in [1.54, 1.807) is 12.2 Å². The molecule has 0 aromatic carbocycles. The normalized spacial score (nSPS) is 10.2. The Morgan fingerprint density at radius 1 is 0.625 bits per heavy atom. The van der Waals surface area contributed by atoms with Gasteiger partial charge in [0.15, 0.2) is 0 Å². The van der Waals surface area contributed by atoms with Crippen LogP contribution in [0.4, 0.5) is 0 Å². The van der Waals surface area contributed by atoms with E-state index in [1.165, 1.54) is 38.5 Å². The van der Waals surface area contributed by atoms with Crippen molar-refractivity contribution >= 4 is 0 Å². The fraction of sp³-hybridized carbons (Fsp3) is 0.714. The van der Waals surface area contributed by atoms with E-state index in [0.717, 1.165) is 13.2 Å². The molecule has 0 aromatic rings. The first-order valence-electron chi connectivity index (χ1n) is 6.29. The molecule has 2 heteroatoms. The minimum Gasteiger partial charge on any atom is -0.377 e. The predicted molar refractivity (Wildman–Crippen MR) is 69.7 cm³/mol. The van der Waals surface area contributed by atoms with Crippen LogP contribution < -0.4 is 0 Å². The Morgan fingerprint density at radius 2 is 1.00 bits per heavy atom. The lowest BCUT2D eigenvalue weighted by Crippen LogP contribution is -1.95. The quantitative estimate of drug-likeness (QED) is 0.352. The lowest BCUT2D eigenvalue weighted by Gasteiger charge is -2.03. The molecule has 0 radical (unpaired) electrons. The van der Waals surface area contributed by atoms with Gasteiger partial charge in [0.25, 0.3) is 0 Å². The van der Waals surface area contributed by atoms with Gasteiger partial charge in [-0.1, -0.05) is 37.8 Å². The van der Waals surface area contributed by atoms with Gasteiger partial charge < -0.3 is 9.47 Å². The minimum atomic E-state index is 0.681. The fourth-order valence-corrected chi connectivity index (χ4v) is 1.45. The number of hydrogen-bond donors (Lipinski definition) is 0. The second-order valence-corrected chi connectivity index (χ2v) is 3.85. The van der Waals surface area contributed by atoms with Crippen molar-refractivity contribution < 1.29 is 9.47 Å². The van der Waals surface area contributed by atoms with E-state index in [9.17, 15) is 0 Å². The standard InChI is InChI=1S/C14H26O2/c1-3-11-15-13-9-7-5-6-8-10-14-16-12-4-2/h3-4H,1-2,5-14H2. The van der Waals surface area contributed by atoms with Gasteiger partial charge in [0.05, 0.1) is 13.2 Å². The summed E-state index contributed by atoms with van der Waals surface area (Å²) in [4.78, 5) is 0. The minimum absolute atomic E-state index is 0.681. The summed E-state index contributed by atoms with van der Waals surface area (Å²) in [7, 11) is 0. The van der Waals surface area contributed by atoms with Crippen molar-refractivity contribution in [3.8, 4) is 0 Å². The third-order valence-electron chi connectivity index (χ3n) is 2.30. The molecule has 0 saturated carbocycles. The molecule has 0 aliphatic carbocycles. The third-order valence-corrected chi connectivity index (χ3v) is 2.30. The first-order valence-corrected chi connectivity index (χ1v) is 6.29. The van der Waals surface area contributed by atoms with Crippen LogP contribution in [-0.4, -0.2) is 26.4 Å². The monoisotopic (exact) mass is 226 g/mol. The Kier molecular flexibility index (Phi) is 13.9. The molecule has 0 rings (SSSR count). The van der Waals surface area contributed by atoms with Gasteiger partial charge in [-0.15, -0.1) is 13.2 Å². The molecule has 0 amide bonds. The van der Waals surface area contributed by atoms with Gasteiger partial charge in [-0.3, -0.25) is 0 Å². The Hall–Kier alpha value is -0.600. The van der Waals surface area contributed by atoms with Crippen LogP contribution in [-0.2, 0) is 9.47 Å². The first kappa shape index (κ1) is 15.4. The summed E-state index contributed by atoms with van der Waals surface area (Å²) in [5.41, 5.74) is 0. The van der Waals surface area contributed by atoms with Gasteiger partial charge in [-0.2, -0.15) is 0 Å². The Balaban J connectivity index is 2.87. The van der Waals surface area contributed by atoms with E-state index in [-0.39, 0.29) is 0 Å². The zero-order chi connectivity index (χ0) is 11.9. The lowest BCUT2D eigenvalue weighted by atomic mass is 10.1. The Morgan fingerprint density at radius 3 is 1.38 bits per heavy atom. The summed E-state index contributed by atoms with van der Waals surface area (Å²) in [6.07, 6.45) is 11.1. The van der Waals surface area contributed by atoms with Crippen LogP contribution in [0.15, 0.2) is 25.3 Å². The molecule has 94 valence electrons. The molecule has 16 heavy (non-hydrogen) atoms. The summed E-state index contributed by atoms with van der Waals surface area (Å²) < 4.78 is 10.6. The molecule has 0 unspecified atom stereocenters. The van der Waals surface area contributed by atoms with Crippen molar-refractivity contribution in [2.24, 2.45) is 0 Å². The summed E-state index contributed by atoms with van der Waals surface area (Å²) in [6, 6.07) is 0. The number of rotatable bonds is 13. The van der Waals surface area contributed by atoms with E-state index in [1.807, 2.05) is 0 Å². The molecule has 0 aliphatic heterocycles. The van der Waals surface area contributed by atoms with Crippen molar-refractivity contribution in [1.82, 2.24) is 0 Å². The SMILES string of the molecule is C=CCOCCCCCCCCOCC=C. The van der Waals surface area contributed by atoms with Crippen molar-refractivity contribution in [1.29, 1.82) is 0 Å². The van der Waals surface area contributed by atoms with Gasteiger partial charge >= 0.3 is 0 Å². The molecule has 0 aliphatic rings. The molecular weight excluding hydrogens is 200 g/mol. The molecule has 0 spiro atoms. The van der Waals surface area contributed by atoms with Gasteiger partial charge in [0.2, 0.25) is 0 Å². The lowest BCUT2D eigenvalue weighted by molar-refractivity contribution is 0.154. The van der Waals surface area contributed by atoms with Crippen LogP contribution in [0.3, 0.4) is 0 Å². The van der Waals surface area contributed by atoms with Crippen LogP contribution in [0.1, 0.15) is 38.5 Å². The van der Waals surface area contributed by atoms with E-state index >= 15 is 0 Å². The smallest absolute Gasteiger partial charge is 0.0644 e. The number of hydrogen-bond acceptors (Lipinski definition) is 2. The van der Waals surface area contributed by atoms with Gasteiger partial charge in [0.1, 0.15) is 0 Å². The Labute approximate surface area is 100 Å². The molecule has 0 bridgehead atoms. The third kappa shape index (κ3) is 13.4. The Bertz CT molecular complexity index is 137. The summed E-state index contributed by atoms with van der Waals surface area (Å²) in [5, 5.41) is 0. The maximum absolute atomic E-state index is 5.31. The van der Waals surface area contributed by atoms with Gasteiger partial charge in [-0.05, 0) is 12.8 Å². The van der Waals surface area contributed by atoms with E-state index in [4.69, 9.17) is 9.47 Å². The van der Waals surface area contributed by atoms with Gasteiger partial charge in [0, 0.05) is 13.2 Å². The maximum Gasteiger partial charge on any atom is 0.0644 e. The zero-order valence-electron chi connectivity index (χ0n) is 10.5. The van der Waals surface area contributed by atoms with Crippen LogP contribution >= 0.6 is 0 Å². The molecule has 0 saturated heterocycles. The highest BCUT2D eigenvalue weighted by molar-refractivity contribution is 4.64. The molecule has 2 nitrogen and oxygen atoms in total.